The minimum absolute atomic E-state index is 0.470. The van der Waals surface area contributed by atoms with Gasteiger partial charge in [-0.3, -0.25) is 14.4 Å². The van der Waals surface area contributed by atoms with E-state index in [1.165, 1.54) is 4.90 Å². The van der Waals surface area contributed by atoms with Crippen molar-refractivity contribution >= 4 is 29.5 Å². The largest absolute Gasteiger partial charge is 0.497 e. The monoisotopic (exact) mass is 526 g/mol. The van der Waals surface area contributed by atoms with Crippen molar-refractivity contribution in [3.8, 4) is 5.75 Å². The van der Waals surface area contributed by atoms with Crippen LogP contribution in [0, 0.1) is 6.92 Å². The zero-order valence-corrected chi connectivity index (χ0v) is 23.0. The number of rotatable bonds is 10. The van der Waals surface area contributed by atoms with E-state index >= 15 is 0 Å². The number of hydrogen-bond acceptors (Lipinski definition) is 6. The highest BCUT2D eigenvalue weighted by atomic mass is 16.6. The Morgan fingerprint density at radius 2 is 1.55 bits per heavy atom. The second kappa shape index (κ2) is 12.9. The highest BCUT2D eigenvalue weighted by Gasteiger charge is 2.38. The SMILES string of the molecule is COc1ccc(NC(=O)C(c2ccc(C)cc2)N(C(=O)C(CC(N)=O)NC(=O)OC(C)(C)C)C(C)C)cc1. The van der Waals surface area contributed by atoms with E-state index in [9.17, 15) is 19.2 Å². The van der Waals surface area contributed by atoms with Gasteiger partial charge in [0.05, 0.1) is 13.5 Å². The van der Waals surface area contributed by atoms with E-state index in [1.54, 1.807) is 78.1 Å². The van der Waals surface area contributed by atoms with Gasteiger partial charge in [0.2, 0.25) is 11.8 Å². The van der Waals surface area contributed by atoms with E-state index in [0.29, 0.717) is 17.0 Å². The first-order chi connectivity index (χ1) is 17.7. The highest BCUT2D eigenvalue weighted by molar-refractivity contribution is 5.99. The van der Waals surface area contributed by atoms with Crippen LogP contribution in [0.4, 0.5) is 10.5 Å². The lowest BCUT2D eigenvalue weighted by atomic mass is 9.99. The summed E-state index contributed by atoms with van der Waals surface area (Å²) in [6.45, 7) is 10.4. The quantitative estimate of drug-likeness (QED) is 0.431. The summed E-state index contributed by atoms with van der Waals surface area (Å²) in [5.41, 5.74) is 6.61. The number of hydrogen-bond donors (Lipinski definition) is 3. The Morgan fingerprint density at radius 3 is 2.03 bits per heavy atom. The molecule has 0 heterocycles. The molecule has 0 aliphatic carbocycles. The van der Waals surface area contributed by atoms with Gasteiger partial charge in [0.15, 0.2) is 0 Å². The van der Waals surface area contributed by atoms with Gasteiger partial charge in [-0.2, -0.15) is 0 Å². The molecule has 10 nitrogen and oxygen atoms in total. The maximum Gasteiger partial charge on any atom is 0.408 e. The van der Waals surface area contributed by atoms with Crippen LogP contribution in [0.25, 0.3) is 0 Å². The number of aryl methyl sites for hydroxylation is 1. The Hall–Kier alpha value is -4.08. The van der Waals surface area contributed by atoms with Gasteiger partial charge >= 0.3 is 6.09 Å². The van der Waals surface area contributed by atoms with Crippen molar-refractivity contribution in [3.05, 3.63) is 59.7 Å². The summed E-state index contributed by atoms with van der Waals surface area (Å²) < 4.78 is 10.5. The summed E-state index contributed by atoms with van der Waals surface area (Å²) in [7, 11) is 1.54. The number of alkyl carbamates (subject to hydrolysis) is 1. The topological polar surface area (TPSA) is 140 Å². The summed E-state index contributed by atoms with van der Waals surface area (Å²) in [6, 6.07) is 11.1. The first kappa shape index (κ1) is 30.1. The molecule has 10 heteroatoms. The van der Waals surface area contributed by atoms with E-state index in [2.05, 4.69) is 10.6 Å². The van der Waals surface area contributed by atoms with Crippen molar-refractivity contribution in [1.82, 2.24) is 10.2 Å². The van der Waals surface area contributed by atoms with Crippen molar-refractivity contribution in [2.75, 3.05) is 12.4 Å². The fourth-order valence-corrected chi connectivity index (χ4v) is 3.78. The fourth-order valence-electron chi connectivity index (χ4n) is 3.78. The summed E-state index contributed by atoms with van der Waals surface area (Å²) in [5.74, 6) is -1.30. The first-order valence-electron chi connectivity index (χ1n) is 12.3. The third kappa shape index (κ3) is 8.79. The minimum Gasteiger partial charge on any atom is -0.497 e. The van der Waals surface area contributed by atoms with Crippen LogP contribution in [0.2, 0.25) is 0 Å². The second-order valence-corrected chi connectivity index (χ2v) is 10.2. The zero-order chi connectivity index (χ0) is 28.6. The number of carbonyl (C=O) groups is 4. The molecule has 0 aliphatic heterocycles. The number of benzene rings is 2. The van der Waals surface area contributed by atoms with Crippen molar-refractivity contribution in [3.63, 3.8) is 0 Å². The van der Waals surface area contributed by atoms with E-state index in [4.69, 9.17) is 15.2 Å². The average molecular weight is 527 g/mol. The zero-order valence-electron chi connectivity index (χ0n) is 23.0. The molecule has 0 saturated carbocycles. The van der Waals surface area contributed by atoms with Crippen molar-refractivity contribution < 1.29 is 28.7 Å². The lowest BCUT2D eigenvalue weighted by Gasteiger charge is -2.37. The number of methoxy groups -OCH3 is 1. The molecular formula is C28H38N4O6. The number of amides is 4. The van der Waals surface area contributed by atoms with Crippen LogP contribution in [0.5, 0.6) is 5.75 Å². The Balaban J connectivity index is 2.49. The smallest absolute Gasteiger partial charge is 0.408 e. The van der Waals surface area contributed by atoms with Crippen LogP contribution < -0.4 is 21.1 Å². The van der Waals surface area contributed by atoms with Crippen LogP contribution in [-0.4, -0.2) is 53.5 Å². The van der Waals surface area contributed by atoms with Gasteiger partial charge in [0, 0.05) is 11.7 Å². The van der Waals surface area contributed by atoms with E-state index in [0.717, 1.165) is 5.56 Å². The standard InChI is InChI=1S/C28H38N4O6/c1-17(2)32(26(35)22(16-23(29)33)31-27(36)38-28(4,5)6)24(19-10-8-18(3)9-11-19)25(34)30-20-12-14-21(37-7)15-13-20/h8-15,17,22,24H,16H2,1-7H3,(H2,29,33)(H,30,34)(H,31,36). The number of nitrogens with one attached hydrogen (secondary N) is 2. The van der Waals surface area contributed by atoms with Crippen LogP contribution in [0.1, 0.15) is 58.2 Å². The van der Waals surface area contributed by atoms with Gasteiger partial charge in [-0.15, -0.1) is 0 Å². The molecule has 2 rings (SSSR count). The lowest BCUT2D eigenvalue weighted by molar-refractivity contribution is -0.143. The second-order valence-electron chi connectivity index (χ2n) is 10.2. The highest BCUT2D eigenvalue weighted by Crippen LogP contribution is 2.27. The van der Waals surface area contributed by atoms with Gasteiger partial charge in [-0.25, -0.2) is 4.79 Å². The first-order valence-corrected chi connectivity index (χ1v) is 12.3. The molecule has 0 saturated heterocycles. The molecule has 2 aromatic rings. The number of ether oxygens (including phenoxy) is 2. The summed E-state index contributed by atoms with van der Waals surface area (Å²) in [5, 5.41) is 5.31. The van der Waals surface area contributed by atoms with Gasteiger partial charge in [0.1, 0.15) is 23.4 Å². The Kier molecular flexibility index (Phi) is 10.3. The normalized spacial score (nSPS) is 12.7. The molecule has 0 bridgehead atoms. The number of primary amides is 1. The molecule has 2 aromatic carbocycles. The van der Waals surface area contributed by atoms with Gasteiger partial charge < -0.3 is 30.7 Å². The predicted octanol–water partition coefficient (Wildman–Crippen LogP) is 3.69. The Morgan fingerprint density at radius 1 is 0.974 bits per heavy atom. The van der Waals surface area contributed by atoms with Crippen molar-refractivity contribution in [2.24, 2.45) is 5.73 Å². The third-order valence-electron chi connectivity index (χ3n) is 5.48. The molecule has 2 unspecified atom stereocenters. The maximum absolute atomic E-state index is 13.9. The molecule has 0 aliphatic rings. The van der Waals surface area contributed by atoms with Gasteiger partial charge in [-0.1, -0.05) is 29.8 Å². The molecule has 0 aromatic heterocycles. The molecule has 38 heavy (non-hydrogen) atoms. The Labute approximate surface area is 223 Å². The Bertz CT molecular complexity index is 1120. The summed E-state index contributed by atoms with van der Waals surface area (Å²) >= 11 is 0. The minimum atomic E-state index is -1.34. The molecule has 206 valence electrons. The summed E-state index contributed by atoms with van der Waals surface area (Å²) in [4.78, 5) is 53.3. The molecule has 0 radical (unpaired) electrons. The molecule has 2 atom stereocenters. The van der Waals surface area contributed by atoms with E-state index in [1.807, 2.05) is 19.1 Å². The van der Waals surface area contributed by atoms with Crippen LogP contribution >= 0.6 is 0 Å². The average Bonchev–Trinajstić information content (AvgIpc) is 2.81. The van der Waals surface area contributed by atoms with Crippen molar-refractivity contribution in [2.45, 2.75) is 71.7 Å². The maximum atomic E-state index is 13.9. The number of carbonyl (C=O) groups excluding carboxylic acids is 4. The molecule has 0 spiro atoms. The molecule has 4 amide bonds. The molecule has 0 fully saturated rings. The van der Waals surface area contributed by atoms with Crippen LogP contribution in [0.15, 0.2) is 48.5 Å². The van der Waals surface area contributed by atoms with E-state index in [-0.39, 0.29) is 0 Å². The molecular weight excluding hydrogens is 488 g/mol. The van der Waals surface area contributed by atoms with E-state index < -0.39 is 54.0 Å². The molecule has 4 N–H and O–H groups in total. The third-order valence-corrected chi connectivity index (χ3v) is 5.48. The predicted molar refractivity (Wildman–Crippen MR) is 144 cm³/mol. The van der Waals surface area contributed by atoms with Gasteiger partial charge in [0.25, 0.3) is 5.91 Å². The summed E-state index contributed by atoms with van der Waals surface area (Å²) in [6.07, 6.45) is -1.35. The number of nitrogens with zero attached hydrogens (tertiary/aromatic N) is 1. The van der Waals surface area contributed by atoms with Gasteiger partial charge in [-0.05, 0) is 71.4 Å². The van der Waals surface area contributed by atoms with Crippen LogP contribution in [0.3, 0.4) is 0 Å². The van der Waals surface area contributed by atoms with Crippen LogP contribution in [-0.2, 0) is 19.1 Å². The fraction of sp³-hybridized carbons (Fsp3) is 0.429. The number of nitrogens with two attached hydrogens (primary N) is 1. The number of anilines is 1. The lowest BCUT2D eigenvalue weighted by Crippen LogP contribution is -2.55. The van der Waals surface area contributed by atoms with Crippen molar-refractivity contribution in [1.29, 1.82) is 0 Å².